The van der Waals surface area contributed by atoms with Crippen molar-refractivity contribution >= 4 is 5.91 Å². The van der Waals surface area contributed by atoms with E-state index in [1.165, 1.54) is 18.4 Å². The van der Waals surface area contributed by atoms with Gasteiger partial charge in [0.25, 0.3) is 5.91 Å². The molecule has 2 aromatic rings. The van der Waals surface area contributed by atoms with E-state index in [9.17, 15) is 4.79 Å². The molecule has 0 unspecified atom stereocenters. The van der Waals surface area contributed by atoms with Gasteiger partial charge in [0.1, 0.15) is 5.69 Å². The van der Waals surface area contributed by atoms with Crippen molar-refractivity contribution in [2.45, 2.75) is 44.1 Å². The molecule has 1 amide bonds. The zero-order chi connectivity index (χ0) is 14.9. The van der Waals surface area contributed by atoms with Crippen LogP contribution < -0.4 is 0 Å². The molecular formula is C18H21N3O. The van der Waals surface area contributed by atoms with E-state index in [4.69, 9.17) is 0 Å². The SMILES string of the molecule is O=C(c1cc(C2CC2)[nH]n1)N1CCC[C@H]1Cc1ccccc1. The van der Waals surface area contributed by atoms with Crippen LogP contribution in [0.3, 0.4) is 0 Å². The summed E-state index contributed by atoms with van der Waals surface area (Å²) in [5, 5.41) is 7.29. The first-order valence-corrected chi connectivity index (χ1v) is 8.21. The first-order chi connectivity index (χ1) is 10.8. The van der Waals surface area contributed by atoms with Crippen molar-refractivity contribution in [1.29, 1.82) is 0 Å². The fourth-order valence-corrected chi connectivity index (χ4v) is 3.40. The molecule has 0 bridgehead atoms. The summed E-state index contributed by atoms with van der Waals surface area (Å²) in [4.78, 5) is 14.8. The molecule has 1 aliphatic carbocycles. The van der Waals surface area contributed by atoms with Gasteiger partial charge < -0.3 is 4.90 Å². The third-order valence-electron chi connectivity index (χ3n) is 4.79. The van der Waals surface area contributed by atoms with Crippen LogP contribution >= 0.6 is 0 Å². The Kier molecular flexibility index (Phi) is 3.45. The van der Waals surface area contributed by atoms with E-state index in [-0.39, 0.29) is 5.91 Å². The molecule has 1 aliphatic heterocycles. The third kappa shape index (κ3) is 2.65. The zero-order valence-corrected chi connectivity index (χ0v) is 12.7. The van der Waals surface area contributed by atoms with Crippen molar-refractivity contribution in [1.82, 2.24) is 15.1 Å². The molecular weight excluding hydrogens is 274 g/mol. The van der Waals surface area contributed by atoms with E-state index in [2.05, 4.69) is 34.5 Å². The van der Waals surface area contributed by atoms with Gasteiger partial charge >= 0.3 is 0 Å². The summed E-state index contributed by atoms with van der Waals surface area (Å²) >= 11 is 0. The average Bonchev–Trinajstić information content (AvgIpc) is 3.10. The molecule has 0 spiro atoms. The minimum absolute atomic E-state index is 0.0848. The topological polar surface area (TPSA) is 49.0 Å². The molecule has 4 heteroatoms. The van der Waals surface area contributed by atoms with Crippen molar-refractivity contribution in [2.75, 3.05) is 6.54 Å². The van der Waals surface area contributed by atoms with Gasteiger partial charge in [-0.3, -0.25) is 9.89 Å². The standard InChI is InChI=1S/C18H21N3O/c22-18(17-12-16(19-20-17)14-8-9-14)21-10-4-7-15(21)11-13-5-2-1-3-6-13/h1-3,5-6,12,14-15H,4,7-11H2,(H,19,20)/t15-/m0/s1. The van der Waals surface area contributed by atoms with Gasteiger partial charge in [0.15, 0.2) is 0 Å². The number of nitrogens with zero attached hydrogens (tertiary/aromatic N) is 2. The molecule has 1 N–H and O–H groups in total. The second kappa shape index (κ2) is 5.59. The van der Waals surface area contributed by atoms with Gasteiger partial charge in [0.2, 0.25) is 0 Å². The van der Waals surface area contributed by atoms with Gasteiger partial charge in [0.05, 0.1) is 0 Å². The highest BCUT2D eigenvalue weighted by atomic mass is 16.2. The van der Waals surface area contributed by atoms with Crippen molar-refractivity contribution < 1.29 is 4.79 Å². The number of aromatic amines is 1. The zero-order valence-electron chi connectivity index (χ0n) is 12.7. The lowest BCUT2D eigenvalue weighted by Crippen LogP contribution is -2.37. The van der Waals surface area contributed by atoms with Crippen molar-refractivity contribution in [2.24, 2.45) is 0 Å². The minimum Gasteiger partial charge on any atom is -0.334 e. The Morgan fingerprint density at radius 1 is 1.23 bits per heavy atom. The lowest BCUT2D eigenvalue weighted by molar-refractivity contribution is 0.0730. The van der Waals surface area contributed by atoms with Gasteiger partial charge in [-0.05, 0) is 43.7 Å². The maximum atomic E-state index is 12.7. The first kappa shape index (κ1) is 13.6. The molecule has 1 saturated heterocycles. The predicted molar refractivity (Wildman–Crippen MR) is 84.8 cm³/mol. The Labute approximate surface area is 130 Å². The lowest BCUT2D eigenvalue weighted by atomic mass is 10.0. The van der Waals surface area contributed by atoms with Gasteiger partial charge in [-0.15, -0.1) is 0 Å². The normalized spacial score (nSPS) is 21.3. The van der Waals surface area contributed by atoms with Gasteiger partial charge in [-0.2, -0.15) is 5.10 Å². The molecule has 1 saturated carbocycles. The molecule has 2 aliphatic rings. The number of carbonyl (C=O) groups is 1. The Bertz CT molecular complexity index is 660. The van der Waals surface area contributed by atoms with E-state index in [1.807, 2.05) is 17.0 Å². The van der Waals surface area contributed by atoms with E-state index in [0.717, 1.165) is 31.5 Å². The van der Waals surface area contributed by atoms with Crippen LogP contribution in [-0.2, 0) is 6.42 Å². The summed E-state index contributed by atoms with van der Waals surface area (Å²) in [6, 6.07) is 12.7. The van der Waals surface area contributed by atoms with Gasteiger partial charge in [-0.25, -0.2) is 0 Å². The number of likely N-dealkylation sites (tertiary alicyclic amines) is 1. The monoisotopic (exact) mass is 295 g/mol. The van der Waals surface area contributed by atoms with Crippen molar-refractivity contribution in [3.8, 4) is 0 Å². The summed E-state index contributed by atoms with van der Waals surface area (Å²) in [6.07, 6.45) is 5.54. The van der Waals surface area contributed by atoms with E-state index < -0.39 is 0 Å². The smallest absolute Gasteiger partial charge is 0.274 e. The Hall–Kier alpha value is -2.10. The van der Waals surface area contributed by atoms with Gasteiger partial charge in [0, 0.05) is 24.2 Å². The number of benzene rings is 1. The second-order valence-electron chi connectivity index (χ2n) is 6.47. The van der Waals surface area contributed by atoms with Crippen molar-refractivity contribution in [3.63, 3.8) is 0 Å². The van der Waals surface area contributed by atoms with Crippen LogP contribution in [0.25, 0.3) is 0 Å². The van der Waals surface area contributed by atoms with Gasteiger partial charge in [-0.1, -0.05) is 30.3 Å². The Morgan fingerprint density at radius 3 is 2.82 bits per heavy atom. The van der Waals surface area contributed by atoms with Crippen LogP contribution in [0.5, 0.6) is 0 Å². The molecule has 2 heterocycles. The summed E-state index contributed by atoms with van der Waals surface area (Å²) in [5.41, 5.74) is 3.01. The van der Waals surface area contributed by atoms with E-state index in [1.54, 1.807) is 0 Å². The summed E-state index contributed by atoms with van der Waals surface area (Å²) in [6.45, 7) is 0.849. The number of hydrogen-bond donors (Lipinski definition) is 1. The number of amides is 1. The van der Waals surface area contributed by atoms with E-state index >= 15 is 0 Å². The fourth-order valence-electron chi connectivity index (χ4n) is 3.40. The highest BCUT2D eigenvalue weighted by molar-refractivity contribution is 5.92. The number of nitrogens with one attached hydrogen (secondary N) is 1. The largest absolute Gasteiger partial charge is 0.334 e. The number of rotatable bonds is 4. The third-order valence-corrected chi connectivity index (χ3v) is 4.79. The second-order valence-corrected chi connectivity index (χ2v) is 6.47. The molecule has 0 radical (unpaired) electrons. The molecule has 22 heavy (non-hydrogen) atoms. The number of aromatic nitrogens is 2. The highest BCUT2D eigenvalue weighted by Gasteiger charge is 2.32. The maximum Gasteiger partial charge on any atom is 0.274 e. The fraction of sp³-hybridized carbons (Fsp3) is 0.444. The van der Waals surface area contributed by atoms with Crippen molar-refractivity contribution in [3.05, 3.63) is 53.3 Å². The highest BCUT2D eigenvalue weighted by Crippen LogP contribution is 2.39. The molecule has 1 atom stereocenters. The number of H-pyrrole nitrogens is 1. The Morgan fingerprint density at radius 2 is 2.05 bits per heavy atom. The van der Waals surface area contributed by atoms with Crippen LogP contribution in [0.2, 0.25) is 0 Å². The molecule has 1 aromatic heterocycles. The summed E-state index contributed by atoms with van der Waals surface area (Å²) in [5.74, 6) is 0.689. The lowest BCUT2D eigenvalue weighted by Gasteiger charge is -2.24. The molecule has 114 valence electrons. The first-order valence-electron chi connectivity index (χ1n) is 8.21. The Balaban J connectivity index is 1.48. The van der Waals surface area contributed by atoms with Crippen LogP contribution in [0.15, 0.2) is 36.4 Å². The molecule has 4 nitrogen and oxygen atoms in total. The number of carbonyl (C=O) groups excluding carboxylic acids is 1. The van der Waals surface area contributed by atoms with E-state index in [0.29, 0.717) is 17.7 Å². The minimum atomic E-state index is 0.0848. The molecule has 4 rings (SSSR count). The van der Waals surface area contributed by atoms with Crippen LogP contribution in [-0.4, -0.2) is 33.6 Å². The van der Waals surface area contributed by atoms with Crippen LogP contribution in [0.4, 0.5) is 0 Å². The van der Waals surface area contributed by atoms with Crippen LogP contribution in [0, 0.1) is 0 Å². The molecule has 1 aromatic carbocycles. The summed E-state index contributed by atoms with van der Waals surface area (Å²) < 4.78 is 0. The predicted octanol–water partition coefficient (Wildman–Crippen LogP) is 3.13. The average molecular weight is 295 g/mol. The number of hydrogen-bond acceptors (Lipinski definition) is 2. The molecule has 2 fully saturated rings. The summed E-state index contributed by atoms with van der Waals surface area (Å²) in [7, 11) is 0. The maximum absolute atomic E-state index is 12.7. The quantitative estimate of drug-likeness (QED) is 0.942. The van der Waals surface area contributed by atoms with Crippen LogP contribution in [0.1, 0.15) is 53.3 Å².